The molecule has 19 heavy (non-hydrogen) atoms. The molecule has 3 N–H and O–H groups in total. The van der Waals surface area contributed by atoms with Crippen LogP contribution in [0.25, 0.3) is 0 Å². The van der Waals surface area contributed by atoms with Crippen LogP contribution in [0.2, 0.25) is 0 Å². The Bertz CT molecular complexity index is 118. The summed E-state index contributed by atoms with van der Waals surface area (Å²) >= 11 is 0. The number of rotatable bonds is 15. The smallest absolute Gasteiger partial charge is 0.0533 e. The normalized spacial score (nSPS) is 10.4. The first-order valence-electron chi connectivity index (χ1n) is 8.91. The van der Waals surface area contributed by atoms with Gasteiger partial charge in [-0.1, -0.05) is 117 Å². The summed E-state index contributed by atoms with van der Waals surface area (Å²) in [6.45, 7) is 4.59. The first-order chi connectivity index (χ1) is 8.91. The Morgan fingerprint density at radius 2 is 0.474 bits per heavy atom. The zero-order valence-corrected chi connectivity index (χ0v) is 14.0. The van der Waals surface area contributed by atoms with Gasteiger partial charge in [-0.05, 0) is 0 Å². The molecule has 0 aromatic heterocycles. The molecule has 0 aliphatic heterocycles. The molecule has 0 aromatic rings. The Kier molecular flexibility index (Phi) is 22.7. The minimum Gasteiger partial charge on any atom is -0.344 e. The molecule has 0 heterocycles. The van der Waals surface area contributed by atoms with E-state index in [1.807, 2.05) is 0 Å². The Hall–Kier alpha value is -0.0400. The van der Waals surface area contributed by atoms with Crippen molar-refractivity contribution in [3.8, 4) is 0 Å². The van der Waals surface area contributed by atoms with Gasteiger partial charge in [0.05, 0.1) is 0 Å². The standard InChI is InChI=1S/C18H38.H3N/c1-3-5-7-9-11-13-15-17-18-16-14-12-10-8-6-4-2;/h3-18H2,1-2H3;1H3. The molecule has 0 fully saturated rings. The molecular formula is C18H41N. The molecule has 1 nitrogen and oxygen atoms in total. The lowest BCUT2D eigenvalue weighted by Gasteiger charge is -2.03. The SMILES string of the molecule is CCCCCCCCCCCCCCCCCC.N. The van der Waals surface area contributed by atoms with E-state index in [0.717, 1.165) is 0 Å². The molecule has 118 valence electrons. The highest BCUT2D eigenvalue weighted by Gasteiger charge is 1.93. The lowest BCUT2D eigenvalue weighted by atomic mass is 10.0. The minimum absolute atomic E-state index is 0. The molecule has 0 bridgehead atoms. The van der Waals surface area contributed by atoms with Gasteiger partial charge in [0, 0.05) is 0 Å². The summed E-state index contributed by atoms with van der Waals surface area (Å²) in [5.74, 6) is 0. The van der Waals surface area contributed by atoms with Gasteiger partial charge in [0.25, 0.3) is 0 Å². The molecule has 0 unspecified atom stereocenters. The molecule has 0 rings (SSSR count). The average molecular weight is 272 g/mol. The Balaban J connectivity index is 0. The summed E-state index contributed by atoms with van der Waals surface area (Å²) in [7, 11) is 0. The van der Waals surface area contributed by atoms with Crippen LogP contribution in [0.3, 0.4) is 0 Å². The van der Waals surface area contributed by atoms with Gasteiger partial charge in [0.15, 0.2) is 0 Å². The Morgan fingerprint density at radius 1 is 0.316 bits per heavy atom. The van der Waals surface area contributed by atoms with E-state index in [-0.39, 0.29) is 6.15 Å². The summed E-state index contributed by atoms with van der Waals surface area (Å²) < 4.78 is 0. The van der Waals surface area contributed by atoms with Crippen LogP contribution in [0.1, 0.15) is 117 Å². The summed E-state index contributed by atoms with van der Waals surface area (Å²) in [5, 5.41) is 0. The maximum absolute atomic E-state index is 2.29. The van der Waals surface area contributed by atoms with Crippen LogP contribution in [0.5, 0.6) is 0 Å². The quantitative estimate of drug-likeness (QED) is 0.309. The summed E-state index contributed by atoms with van der Waals surface area (Å²) in [6, 6.07) is 0. The Morgan fingerprint density at radius 3 is 0.632 bits per heavy atom. The van der Waals surface area contributed by atoms with Gasteiger partial charge in [0.2, 0.25) is 0 Å². The molecule has 1 heteroatoms. The van der Waals surface area contributed by atoms with Crippen molar-refractivity contribution in [2.45, 2.75) is 117 Å². The third-order valence-corrected chi connectivity index (χ3v) is 3.96. The van der Waals surface area contributed by atoms with Gasteiger partial charge >= 0.3 is 0 Å². The zero-order chi connectivity index (χ0) is 13.3. The van der Waals surface area contributed by atoms with E-state index < -0.39 is 0 Å². The van der Waals surface area contributed by atoms with E-state index >= 15 is 0 Å². The van der Waals surface area contributed by atoms with Crippen LogP contribution in [0, 0.1) is 0 Å². The van der Waals surface area contributed by atoms with Crippen molar-refractivity contribution in [1.82, 2.24) is 6.15 Å². The van der Waals surface area contributed by atoms with E-state index in [4.69, 9.17) is 0 Å². The van der Waals surface area contributed by atoms with Gasteiger partial charge in [-0.25, -0.2) is 0 Å². The molecule has 0 radical (unpaired) electrons. The first kappa shape index (κ1) is 21.3. The molecular weight excluding hydrogens is 230 g/mol. The fourth-order valence-corrected chi connectivity index (χ4v) is 2.62. The van der Waals surface area contributed by atoms with Crippen molar-refractivity contribution in [2.75, 3.05) is 0 Å². The van der Waals surface area contributed by atoms with Crippen LogP contribution in [0.15, 0.2) is 0 Å². The van der Waals surface area contributed by atoms with Crippen LogP contribution >= 0.6 is 0 Å². The van der Waals surface area contributed by atoms with Gasteiger partial charge in [0.1, 0.15) is 0 Å². The van der Waals surface area contributed by atoms with Crippen LogP contribution in [-0.4, -0.2) is 0 Å². The highest BCUT2D eigenvalue weighted by molar-refractivity contribution is 4.49. The molecule has 0 atom stereocenters. The second-order valence-electron chi connectivity index (χ2n) is 5.95. The Labute approximate surface area is 123 Å². The zero-order valence-electron chi connectivity index (χ0n) is 14.0. The van der Waals surface area contributed by atoms with Crippen LogP contribution in [-0.2, 0) is 0 Å². The first-order valence-corrected chi connectivity index (χ1v) is 8.91. The molecule has 0 aliphatic rings. The third-order valence-electron chi connectivity index (χ3n) is 3.96. The van der Waals surface area contributed by atoms with E-state index in [9.17, 15) is 0 Å². The predicted molar refractivity (Wildman–Crippen MR) is 90.2 cm³/mol. The molecule has 0 amide bonds. The lowest BCUT2D eigenvalue weighted by molar-refractivity contribution is 0.531. The molecule has 0 aromatic carbocycles. The van der Waals surface area contributed by atoms with Crippen molar-refractivity contribution < 1.29 is 0 Å². The monoisotopic (exact) mass is 271 g/mol. The van der Waals surface area contributed by atoms with Crippen LogP contribution in [0.4, 0.5) is 0 Å². The molecule has 0 saturated heterocycles. The average Bonchev–Trinajstić information content (AvgIpc) is 2.39. The van der Waals surface area contributed by atoms with Gasteiger partial charge in [-0.15, -0.1) is 0 Å². The van der Waals surface area contributed by atoms with Crippen LogP contribution < -0.4 is 6.15 Å². The second kappa shape index (κ2) is 20.3. The summed E-state index contributed by atoms with van der Waals surface area (Å²) in [6.07, 6.45) is 23.4. The number of hydrogen-bond acceptors (Lipinski definition) is 1. The van der Waals surface area contributed by atoms with Gasteiger partial charge in [-0.3, -0.25) is 0 Å². The second-order valence-corrected chi connectivity index (χ2v) is 5.95. The van der Waals surface area contributed by atoms with Crippen molar-refractivity contribution in [1.29, 1.82) is 0 Å². The lowest BCUT2D eigenvalue weighted by Crippen LogP contribution is -1.83. The topological polar surface area (TPSA) is 35.0 Å². The van der Waals surface area contributed by atoms with Crippen molar-refractivity contribution in [3.63, 3.8) is 0 Å². The minimum atomic E-state index is 0. The fourth-order valence-electron chi connectivity index (χ4n) is 2.62. The van der Waals surface area contributed by atoms with Crippen molar-refractivity contribution in [2.24, 2.45) is 0 Å². The van der Waals surface area contributed by atoms with E-state index in [2.05, 4.69) is 13.8 Å². The number of unbranched alkanes of at least 4 members (excludes halogenated alkanes) is 15. The van der Waals surface area contributed by atoms with Crippen molar-refractivity contribution in [3.05, 3.63) is 0 Å². The maximum atomic E-state index is 2.29. The van der Waals surface area contributed by atoms with Crippen molar-refractivity contribution >= 4 is 0 Å². The third kappa shape index (κ3) is 20.4. The number of hydrogen-bond donors (Lipinski definition) is 1. The summed E-state index contributed by atoms with van der Waals surface area (Å²) in [4.78, 5) is 0. The van der Waals surface area contributed by atoms with E-state index in [1.165, 1.54) is 103 Å². The van der Waals surface area contributed by atoms with E-state index in [0.29, 0.717) is 0 Å². The maximum Gasteiger partial charge on any atom is -0.0533 e. The molecule has 0 spiro atoms. The molecule has 0 aliphatic carbocycles. The largest absolute Gasteiger partial charge is 0.344 e. The highest BCUT2D eigenvalue weighted by atomic mass is 14.0. The summed E-state index contributed by atoms with van der Waals surface area (Å²) in [5.41, 5.74) is 0. The molecule has 0 saturated carbocycles. The predicted octanol–water partition coefficient (Wildman–Crippen LogP) is 7.43. The van der Waals surface area contributed by atoms with Gasteiger partial charge < -0.3 is 6.15 Å². The van der Waals surface area contributed by atoms with E-state index in [1.54, 1.807) is 0 Å². The van der Waals surface area contributed by atoms with Gasteiger partial charge in [-0.2, -0.15) is 0 Å². The highest BCUT2D eigenvalue weighted by Crippen LogP contribution is 2.13. The fraction of sp³-hybridized carbons (Fsp3) is 1.00.